The SMILES string of the molecule is CNCC1CCC(C(=O)N2CCC3=C(CCCc4ccccc43)C2C(C)C)CC1. The number of aryl methyl sites for hydroxylation is 1. The maximum absolute atomic E-state index is 13.6. The first-order valence-electron chi connectivity index (χ1n) is 11.9. The number of nitrogens with zero attached hydrogens (tertiary/aromatic N) is 1. The van der Waals surface area contributed by atoms with Gasteiger partial charge in [-0.1, -0.05) is 38.1 Å². The van der Waals surface area contributed by atoms with E-state index in [1.54, 1.807) is 11.1 Å². The van der Waals surface area contributed by atoms with Crippen molar-refractivity contribution in [1.29, 1.82) is 0 Å². The Labute approximate surface area is 176 Å². The van der Waals surface area contributed by atoms with Crippen LogP contribution in [0, 0.1) is 17.8 Å². The molecule has 2 aliphatic carbocycles. The van der Waals surface area contributed by atoms with Crippen molar-refractivity contribution in [2.24, 2.45) is 17.8 Å². The first-order chi connectivity index (χ1) is 14.1. The van der Waals surface area contributed by atoms with Gasteiger partial charge in [-0.3, -0.25) is 4.79 Å². The Kier molecular flexibility index (Phi) is 6.44. The fraction of sp³-hybridized carbons (Fsp3) is 0.654. The smallest absolute Gasteiger partial charge is 0.226 e. The van der Waals surface area contributed by atoms with Gasteiger partial charge in [0.2, 0.25) is 5.91 Å². The van der Waals surface area contributed by atoms with E-state index >= 15 is 0 Å². The van der Waals surface area contributed by atoms with E-state index in [0.29, 0.717) is 11.8 Å². The molecule has 0 saturated heterocycles. The van der Waals surface area contributed by atoms with Crippen molar-refractivity contribution >= 4 is 11.5 Å². The van der Waals surface area contributed by atoms with Gasteiger partial charge < -0.3 is 10.2 Å². The van der Waals surface area contributed by atoms with Crippen LogP contribution in [0.2, 0.25) is 0 Å². The molecule has 3 heteroatoms. The highest BCUT2D eigenvalue weighted by molar-refractivity contribution is 5.83. The topological polar surface area (TPSA) is 32.3 Å². The van der Waals surface area contributed by atoms with Crippen molar-refractivity contribution in [3.05, 3.63) is 41.0 Å². The minimum atomic E-state index is 0.240. The number of carbonyl (C=O) groups excluding carboxylic acids is 1. The third kappa shape index (κ3) is 4.17. The largest absolute Gasteiger partial charge is 0.335 e. The first kappa shape index (κ1) is 20.7. The molecule has 1 amide bonds. The van der Waals surface area contributed by atoms with Crippen LogP contribution in [0.15, 0.2) is 29.8 Å². The zero-order chi connectivity index (χ0) is 20.4. The van der Waals surface area contributed by atoms with E-state index in [4.69, 9.17) is 0 Å². The van der Waals surface area contributed by atoms with Crippen LogP contribution in [0.4, 0.5) is 0 Å². The highest BCUT2D eigenvalue weighted by Gasteiger charge is 2.39. The molecule has 3 aliphatic rings. The van der Waals surface area contributed by atoms with E-state index in [9.17, 15) is 4.79 Å². The molecule has 29 heavy (non-hydrogen) atoms. The van der Waals surface area contributed by atoms with Crippen molar-refractivity contribution < 1.29 is 4.79 Å². The lowest BCUT2D eigenvalue weighted by atomic mass is 9.78. The molecule has 1 atom stereocenters. The summed E-state index contributed by atoms with van der Waals surface area (Å²) in [4.78, 5) is 15.9. The van der Waals surface area contributed by atoms with E-state index in [1.807, 2.05) is 7.05 Å². The maximum atomic E-state index is 13.6. The molecule has 1 unspecified atom stereocenters. The van der Waals surface area contributed by atoms with E-state index in [-0.39, 0.29) is 12.0 Å². The molecule has 1 saturated carbocycles. The van der Waals surface area contributed by atoms with Gasteiger partial charge in [0.15, 0.2) is 0 Å². The molecular formula is C26H38N2O. The summed E-state index contributed by atoms with van der Waals surface area (Å²) in [5.74, 6) is 1.90. The van der Waals surface area contributed by atoms with Gasteiger partial charge >= 0.3 is 0 Å². The summed E-state index contributed by atoms with van der Waals surface area (Å²) in [5.41, 5.74) is 6.08. The summed E-state index contributed by atoms with van der Waals surface area (Å²) in [5, 5.41) is 3.31. The first-order valence-corrected chi connectivity index (χ1v) is 11.9. The number of hydrogen-bond acceptors (Lipinski definition) is 2. The van der Waals surface area contributed by atoms with Gasteiger partial charge in [-0.05, 0) is 99.1 Å². The second kappa shape index (κ2) is 9.04. The highest BCUT2D eigenvalue weighted by atomic mass is 16.2. The molecule has 1 aromatic carbocycles. The van der Waals surface area contributed by atoms with Gasteiger partial charge in [-0.15, -0.1) is 0 Å². The van der Waals surface area contributed by atoms with Crippen LogP contribution in [0.1, 0.15) is 69.9 Å². The molecular weight excluding hydrogens is 356 g/mol. The summed E-state index contributed by atoms with van der Waals surface area (Å²) in [6, 6.07) is 9.26. The monoisotopic (exact) mass is 394 g/mol. The molecule has 1 heterocycles. The van der Waals surface area contributed by atoms with Crippen LogP contribution < -0.4 is 5.32 Å². The average molecular weight is 395 g/mol. The molecule has 1 aliphatic heterocycles. The third-order valence-electron chi connectivity index (χ3n) is 7.52. The number of benzene rings is 1. The molecule has 0 spiro atoms. The van der Waals surface area contributed by atoms with E-state index < -0.39 is 0 Å². The number of fused-ring (bicyclic) bond motifs is 2. The van der Waals surface area contributed by atoms with Crippen LogP contribution >= 0.6 is 0 Å². The summed E-state index contributed by atoms with van der Waals surface area (Å²) < 4.78 is 0. The fourth-order valence-electron chi connectivity index (χ4n) is 6.15. The van der Waals surface area contributed by atoms with Crippen molar-refractivity contribution in [1.82, 2.24) is 10.2 Å². The number of amides is 1. The zero-order valence-corrected chi connectivity index (χ0v) is 18.5. The predicted octanol–water partition coefficient (Wildman–Crippen LogP) is 5.06. The Balaban J connectivity index is 1.58. The number of nitrogens with one attached hydrogen (secondary N) is 1. The number of rotatable bonds is 4. The molecule has 0 bridgehead atoms. The van der Waals surface area contributed by atoms with Crippen LogP contribution in [-0.4, -0.2) is 37.0 Å². The molecule has 1 aromatic rings. The number of hydrogen-bond donors (Lipinski definition) is 1. The minimum Gasteiger partial charge on any atom is -0.335 e. The van der Waals surface area contributed by atoms with Crippen LogP contribution in [0.25, 0.3) is 5.57 Å². The van der Waals surface area contributed by atoms with Crippen LogP contribution in [0.3, 0.4) is 0 Å². The Morgan fingerprint density at radius 3 is 2.59 bits per heavy atom. The summed E-state index contributed by atoms with van der Waals surface area (Å²) in [6.45, 7) is 6.60. The van der Waals surface area contributed by atoms with Gasteiger partial charge in [0, 0.05) is 12.5 Å². The normalized spacial score (nSPS) is 27.4. The van der Waals surface area contributed by atoms with Crippen molar-refractivity contribution in [3.8, 4) is 0 Å². The molecule has 0 aromatic heterocycles. The van der Waals surface area contributed by atoms with Gasteiger partial charge in [0.25, 0.3) is 0 Å². The summed E-state index contributed by atoms with van der Waals surface area (Å²) in [7, 11) is 2.04. The lowest BCUT2D eigenvalue weighted by Gasteiger charge is -2.43. The van der Waals surface area contributed by atoms with Gasteiger partial charge in [-0.25, -0.2) is 0 Å². The number of carbonyl (C=O) groups is 1. The molecule has 0 radical (unpaired) electrons. The second-order valence-corrected chi connectivity index (χ2v) is 9.76. The Hall–Kier alpha value is -1.61. The average Bonchev–Trinajstić information content (AvgIpc) is 2.92. The van der Waals surface area contributed by atoms with Crippen molar-refractivity contribution in [2.45, 2.75) is 71.3 Å². The van der Waals surface area contributed by atoms with Gasteiger partial charge in [0.1, 0.15) is 0 Å². The maximum Gasteiger partial charge on any atom is 0.226 e. The predicted molar refractivity (Wildman–Crippen MR) is 121 cm³/mol. The zero-order valence-electron chi connectivity index (χ0n) is 18.5. The molecule has 158 valence electrons. The molecule has 1 fully saturated rings. The van der Waals surface area contributed by atoms with E-state index in [1.165, 1.54) is 30.4 Å². The van der Waals surface area contributed by atoms with Crippen LogP contribution in [-0.2, 0) is 11.2 Å². The minimum absolute atomic E-state index is 0.240. The lowest BCUT2D eigenvalue weighted by molar-refractivity contribution is -0.139. The highest BCUT2D eigenvalue weighted by Crippen LogP contribution is 2.42. The lowest BCUT2D eigenvalue weighted by Crippen LogP contribution is -2.50. The van der Waals surface area contributed by atoms with Crippen LogP contribution in [0.5, 0.6) is 0 Å². The molecule has 3 nitrogen and oxygen atoms in total. The quantitative estimate of drug-likeness (QED) is 0.774. The molecule has 1 N–H and O–H groups in total. The van der Waals surface area contributed by atoms with E-state index in [0.717, 1.165) is 51.1 Å². The second-order valence-electron chi connectivity index (χ2n) is 9.76. The Morgan fingerprint density at radius 1 is 1.10 bits per heavy atom. The van der Waals surface area contributed by atoms with Crippen molar-refractivity contribution in [3.63, 3.8) is 0 Å². The standard InChI is InChI=1S/C26H38N2O/c1-18(2)25-24-10-6-8-20-7-4-5-9-22(20)23(24)15-16-28(25)26(29)21-13-11-19(12-14-21)17-27-3/h4-5,7,9,18-19,21,25,27H,6,8,10-17H2,1-3H3. The molecule has 4 rings (SSSR count). The third-order valence-corrected chi connectivity index (χ3v) is 7.52. The summed E-state index contributed by atoms with van der Waals surface area (Å²) >= 11 is 0. The Morgan fingerprint density at radius 2 is 1.86 bits per heavy atom. The Bertz CT molecular complexity index is 758. The summed E-state index contributed by atoms with van der Waals surface area (Å²) in [6.07, 6.45) is 9.07. The van der Waals surface area contributed by atoms with Crippen molar-refractivity contribution in [2.75, 3.05) is 20.1 Å². The van der Waals surface area contributed by atoms with Gasteiger partial charge in [0.05, 0.1) is 6.04 Å². The fourth-order valence-corrected chi connectivity index (χ4v) is 6.15. The van der Waals surface area contributed by atoms with Gasteiger partial charge in [-0.2, -0.15) is 0 Å². The van der Waals surface area contributed by atoms with E-state index in [2.05, 4.69) is 48.3 Å².